The monoisotopic (exact) mass is 283 g/mol. The Morgan fingerprint density at radius 2 is 2.00 bits per heavy atom. The number of amides is 1. The van der Waals surface area contributed by atoms with E-state index in [0.29, 0.717) is 29.4 Å². The topological polar surface area (TPSA) is 38.8 Å². The third-order valence-corrected chi connectivity index (χ3v) is 3.33. The number of halogens is 1. The van der Waals surface area contributed by atoms with E-state index in [2.05, 4.69) is 0 Å². The Morgan fingerprint density at radius 1 is 1.37 bits per heavy atom. The number of hydrogen-bond donors (Lipinski definition) is 0. The normalized spacial score (nSPS) is 23.3. The van der Waals surface area contributed by atoms with Crippen molar-refractivity contribution in [3.8, 4) is 5.75 Å². The van der Waals surface area contributed by atoms with Crippen molar-refractivity contribution in [2.45, 2.75) is 26.1 Å². The van der Waals surface area contributed by atoms with Gasteiger partial charge in [-0.2, -0.15) is 0 Å². The van der Waals surface area contributed by atoms with Crippen molar-refractivity contribution >= 4 is 17.5 Å². The van der Waals surface area contributed by atoms with Crippen LogP contribution in [-0.2, 0) is 4.74 Å². The average Bonchev–Trinajstić information content (AvgIpc) is 2.36. The molecule has 0 saturated carbocycles. The van der Waals surface area contributed by atoms with Crippen LogP contribution in [0, 0.1) is 0 Å². The van der Waals surface area contributed by atoms with Gasteiger partial charge in [0.05, 0.1) is 24.9 Å². The molecule has 0 radical (unpaired) electrons. The van der Waals surface area contributed by atoms with Crippen molar-refractivity contribution in [2.75, 3.05) is 20.2 Å². The first kappa shape index (κ1) is 14.2. The summed E-state index contributed by atoms with van der Waals surface area (Å²) in [5.74, 6) is 0.475. The van der Waals surface area contributed by atoms with Gasteiger partial charge >= 0.3 is 0 Å². The molecule has 1 fully saturated rings. The number of carbonyl (C=O) groups is 1. The lowest BCUT2D eigenvalue weighted by Gasteiger charge is -2.35. The summed E-state index contributed by atoms with van der Waals surface area (Å²) in [5, 5.41) is 0.526. The summed E-state index contributed by atoms with van der Waals surface area (Å²) in [5.41, 5.74) is 0.497. The van der Waals surface area contributed by atoms with Crippen molar-refractivity contribution in [3.63, 3.8) is 0 Å². The highest BCUT2D eigenvalue weighted by atomic mass is 35.5. The number of hydrogen-bond acceptors (Lipinski definition) is 3. The molecule has 0 N–H and O–H groups in total. The molecule has 0 bridgehead atoms. The Kier molecular flexibility index (Phi) is 4.32. The molecule has 1 aromatic rings. The van der Waals surface area contributed by atoms with Gasteiger partial charge in [-0.05, 0) is 32.0 Å². The van der Waals surface area contributed by atoms with E-state index in [9.17, 15) is 4.79 Å². The number of nitrogens with zero attached hydrogens (tertiary/aromatic N) is 1. The maximum absolute atomic E-state index is 12.6. The molecule has 2 atom stereocenters. The summed E-state index contributed by atoms with van der Waals surface area (Å²) < 4.78 is 10.9. The van der Waals surface area contributed by atoms with Gasteiger partial charge in [-0.15, -0.1) is 0 Å². The van der Waals surface area contributed by atoms with Gasteiger partial charge in [-0.1, -0.05) is 11.6 Å². The SMILES string of the molecule is COc1ccc(Cl)cc1C(=O)N1CC(C)OC(C)C1. The van der Waals surface area contributed by atoms with Crippen LogP contribution in [0.15, 0.2) is 18.2 Å². The fraction of sp³-hybridized carbons (Fsp3) is 0.500. The fourth-order valence-electron chi connectivity index (χ4n) is 2.36. The molecule has 104 valence electrons. The predicted octanol–water partition coefficient (Wildman–Crippen LogP) is 2.60. The molecule has 0 spiro atoms. The highest BCUT2D eigenvalue weighted by Crippen LogP contribution is 2.25. The van der Waals surface area contributed by atoms with Crippen molar-refractivity contribution in [2.24, 2.45) is 0 Å². The molecule has 1 saturated heterocycles. The van der Waals surface area contributed by atoms with Gasteiger partial charge < -0.3 is 14.4 Å². The number of benzene rings is 1. The van der Waals surface area contributed by atoms with Gasteiger partial charge in [0.25, 0.3) is 5.91 Å². The van der Waals surface area contributed by atoms with Gasteiger partial charge in [-0.25, -0.2) is 0 Å². The standard InChI is InChI=1S/C14H18ClNO3/c1-9-7-16(8-10(2)19-9)14(17)12-6-11(15)4-5-13(12)18-3/h4-6,9-10H,7-8H2,1-3H3. The maximum atomic E-state index is 12.6. The van der Waals surface area contributed by atoms with E-state index in [0.717, 1.165) is 0 Å². The Hall–Kier alpha value is -1.26. The van der Waals surface area contributed by atoms with E-state index >= 15 is 0 Å². The van der Waals surface area contributed by atoms with E-state index in [-0.39, 0.29) is 18.1 Å². The van der Waals surface area contributed by atoms with Crippen molar-refractivity contribution in [1.29, 1.82) is 0 Å². The molecule has 4 nitrogen and oxygen atoms in total. The summed E-state index contributed by atoms with van der Waals surface area (Å²) in [7, 11) is 1.55. The number of rotatable bonds is 2. The van der Waals surface area contributed by atoms with E-state index in [1.54, 1.807) is 30.2 Å². The van der Waals surface area contributed by atoms with Gasteiger partial charge in [-0.3, -0.25) is 4.79 Å². The first-order chi connectivity index (χ1) is 9.01. The summed E-state index contributed by atoms with van der Waals surface area (Å²) in [4.78, 5) is 14.3. The van der Waals surface area contributed by atoms with Crippen LogP contribution in [0.3, 0.4) is 0 Å². The van der Waals surface area contributed by atoms with Crippen LogP contribution >= 0.6 is 11.6 Å². The van der Waals surface area contributed by atoms with Crippen LogP contribution < -0.4 is 4.74 Å². The minimum Gasteiger partial charge on any atom is -0.496 e. The molecular formula is C14H18ClNO3. The molecule has 1 heterocycles. The highest BCUT2D eigenvalue weighted by Gasteiger charge is 2.28. The molecule has 2 unspecified atom stereocenters. The number of carbonyl (C=O) groups excluding carboxylic acids is 1. The Bertz CT molecular complexity index is 468. The lowest BCUT2D eigenvalue weighted by molar-refractivity contribution is -0.0586. The van der Waals surface area contributed by atoms with Crippen LogP contribution in [-0.4, -0.2) is 43.2 Å². The second-order valence-electron chi connectivity index (χ2n) is 4.81. The molecule has 1 amide bonds. The van der Waals surface area contributed by atoms with Crippen molar-refractivity contribution < 1.29 is 14.3 Å². The molecular weight excluding hydrogens is 266 g/mol. The molecule has 0 aromatic heterocycles. The summed E-state index contributed by atoms with van der Waals surface area (Å²) in [6.07, 6.45) is 0.0794. The molecule has 1 aliphatic rings. The van der Waals surface area contributed by atoms with Crippen molar-refractivity contribution in [3.05, 3.63) is 28.8 Å². The van der Waals surface area contributed by atoms with Crippen LogP contribution in [0.25, 0.3) is 0 Å². The summed E-state index contributed by atoms with van der Waals surface area (Å²) in [6, 6.07) is 5.07. The minimum atomic E-state index is -0.0682. The lowest BCUT2D eigenvalue weighted by atomic mass is 10.1. The first-order valence-electron chi connectivity index (χ1n) is 6.29. The third kappa shape index (κ3) is 3.19. The molecule has 5 heteroatoms. The lowest BCUT2D eigenvalue weighted by Crippen LogP contribution is -2.48. The minimum absolute atomic E-state index is 0.0397. The van der Waals surface area contributed by atoms with E-state index < -0.39 is 0 Å². The quantitative estimate of drug-likeness (QED) is 0.837. The molecule has 0 aliphatic carbocycles. The van der Waals surface area contributed by atoms with Crippen molar-refractivity contribution in [1.82, 2.24) is 4.90 Å². The fourth-order valence-corrected chi connectivity index (χ4v) is 2.53. The summed E-state index contributed by atoms with van der Waals surface area (Å²) in [6.45, 7) is 5.09. The molecule has 1 aliphatic heterocycles. The van der Waals surface area contributed by atoms with Crippen LogP contribution in [0.4, 0.5) is 0 Å². The smallest absolute Gasteiger partial charge is 0.257 e. The van der Waals surface area contributed by atoms with Gasteiger partial charge in [0, 0.05) is 18.1 Å². The predicted molar refractivity (Wildman–Crippen MR) is 73.9 cm³/mol. The molecule has 19 heavy (non-hydrogen) atoms. The molecule has 2 rings (SSSR count). The largest absolute Gasteiger partial charge is 0.496 e. The van der Waals surface area contributed by atoms with Crippen LogP contribution in [0.5, 0.6) is 5.75 Å². The Morgan fingerprint density at radius 3 is 2.58 bits per heavy atom. The highest BCUT2D eigenvalue weighted by molar-refractivity contribution is 6.31. The average molecular weight is 284 g/mol. The second-order valence-corrected chi connectivity index (χ2v) is 5.25. The number of methoxy groups -OCH3 is 1. The number of ether oxygens (including phenoxy) is 2. The maximum Gasteiger partial charge on any atom is 0.257 e. The van der Waals surface area contributed by atoms with Gasteiger partial charge in [0.1, 0.15) is 5.75 Å². The van der Waals surface area contributed by atoms with Crippen LogP contribution in [0.2, 0.25) is 5.02 Å². The Balaban J connectivity index is 2.26. The zero-order valence-electron chi connectivity index (χ0n) is 11.4. The van der Waals surface area contributed by atoms with Gasteiger partial charge in [0.15, 0.2) is 0 Å². The van der Waals surface area contributed by atoms with E-state index in [1.807, 2.05) is 13.8 Å². The molecule has 1 aromatic carbocycles. The van der Waals surface area contributed by atoms with Gasteiger partial charge in [0.2, 0.25) is 0 Å². The third-order valence-electron chi connectivity index (χ3n) is 3.10. The second kappa shape index (κ2) is 5.80. The van der Waals surface area contributed by atoms with E-state index in [1.165, 1.54) is 0 Å². The zero-order valence-corrected chi connectivity index (χ0v) is 12.1. The summed E-state index contributed by atoms with van der Waals surface area (Å²) >= 11 is 5.96. The Labute approximate surface area is 118 Å². The van der Waals surface area contributed by atoms with E-state index in [4.69, 9.17) is 21.1 Å². The number of morpholine rings is 1. The zero-order chi connectivity index (χ0) is 14.0. The first-order valence-corrected chi connectivity index (χ1v) is 6.67. The van der Waals surface area contributed by atoms with Crippen LogP contribution in [0.1, 0.15) is 24.2 Å².